The molecule has 1 unspecified atom stereocenters. The number of piperidine rings is 2. The largest absolute Gasteiger partial charge is 0.370 e. The lowest BCUT2D eigenvalue weighted by molar-refractivity contribution is -0.138. The molecule has 35 heavy (non-hydrogen) atoms. The molecule has 0 radical (unpaired) electrons. The van der Waals surface area contributed by atoms with Gasteiger partial charge >= 0.3 is 0 Å². The van der Waals surface area contributed by atoms with Crippen LogP contribution in [0.5, 0.6) is 0 Å². The number of amides is 1. The molecule has 3 aliphatic rings. The summed E-state index contributed by atoms with van der Waals surface area (Å²) >= 11 is 12.4. The molecule has 1 atom stereocenters. The number of hydrogen-bond donors (Lipinski definition) is 0. The first kappa shape index (κ1) is 27.1. The first-order valence-corrected chi connectivity index (χ1v) is 14.7. The molecule has 0 aromatic heterocycles. The number of likely N-dealkylation sites (tertiary alicyclic amines) is 1. The Bertz CT molecular complexity index is 959. The van der Waals surface area contributed by atoms with Crippen molar-refractivity contribution in [2.24, 2.45) is 0 Å². The van der Waals surface area contributed by atoms with Gasteiger partial charge in [-0.3, -0.25) is 9.69 Å². The molecular formula is C24H36Cl2N4O4S. The van der Waals surface area contributed by atoms with Crippen LogP contribution >= 0.6 is 23.2 Å². The van der Waals surface area contributed by atoms with Crippen molar-refractivity contribution in [1.29, 1.82) is 0 Å². The van der Waals surface area contributed by atoms with Crippen LogP contribution in [0.15, 0.2) is 23.1 Å². The van der Waals surface area contributed by atoms with Gasteiger partial charge in [-0.1, -0.05) is 35.7 Å². The monoisotopic (exact) mass is 546 g/mol. The van der Waals surface area contributed by atoms with Gasteiger partial charge in [0, 0.05) is 44.8 Å². The Morgan fingerprint density at radius 1 is 0.971 bits per heavy atom. The average molecular weight is 548 g/mol. The number of piperazine rings is 1. The minimum atomic E-state index is -3.88. The number of sulfonamides is 1. The van der Waals surface area contributed by atoms with Crippen LogP contribution in [0.3, 0.4) is 0 Å². The van der Waals surface area contributed by atoms with Gasteiger partial charge in [0.05, 0.1) is 16.7 Å². The second kappa shape index (κ2) is 12.1. The van der Waals surface area contributed by atoms with Crippen LogP contribution in [0.25, 0.3) is 0 Å². The highest BCUT2D eigenvalue weighted by atomic mass is 35.5. The zero-order valence-corrected chi connectivity index (χ0v) is 22.7. The van der Waals surface area contributed by atoms with E-state index in [9.17, 15) is 13.2 Å². The van der Waals surface area contributed by atoms with Crippen molar-refractivity contribution in [1.82, 2.24) is 19.0 Å². The van der Waals surface area contributed by atoms with Crippen molar-refractivity contribution < 1.29 is 17.9 Å². The molecule has 0 N–H and O–H groups in total. The second-order valence-electron chi connectivity index (χ2n) is 9.78. The molecule has 11 heteroatoms. The highest BCUT2D eigenvalue weighted by Crippen LogP contribution is 2.34. The number of hydrogen-bond acceptors (Lipinski definition) is 6. The van der Waals surface area contributed by atoms with Crippen LogP contribution in [0.2, 0.25) is 10.0 Å². The molecule has 4 rings (SSSR count). The normalized spacial score (nSPS) is 24.1. The van der Waals surface area contributed by atoms with Crippen molar-refractivity contribution in [2.75, 3.05) is 66.1 Å². The van der Waals surface area contributed by atoms with E-state index in [1.54, 1.807) is 6.07 Å². The lowest BCUT2D eigenvalue weighted by Crippen LogP contribution is -2.54. The van der Waals surface area contributed by atoms with Crippen LogP contribution in [0, 0.1) is 0 Å². The molecule has 1 aromatic rings. The Kier molecular flexibility index (Phi) is 9.35. The van der Waals surface area contributed by atoms with Crippen molar-refractivity contribution in [2.45, 2.75) is 49.1 Å². The highest BCUT2D eigenvalue weighted by molar-refractivity contribution is 7.89. The molecule has 3 aliphatic heterocycles. The summed E-state index contributed by atoms with van der Waals surface area (Å²) in [5.74, 6) is -0.0348. The maximum atomic E-state index is 13.4. The molecule has 1 amide bonds. The highest BCUT2D eigenvalue weighted by Gasteiger charge is 2.36. The van der Waals surface area contributed by atoms with Crippen LogP contribution < -0.4 is 0 Å². The summed E-state index contributed by atoms with van der Waals surface area (Å²) in [7, 11) is -1.71. The fourth-order valence-corrected chi connectivity index (χ4v) is 8.15. The minimum absolute atomic E-state index is 0.0348. The lowest BCUT2D eigenvalue weighted by atomic mass is 10.0. The summed E-state index contributed by atoms with van der Waals surface area (Å²) in [5.41, 5.74) is 0. The van der Waals surface area contributed by atoms with Gasteiger partial charge in [-0.05, 0) is 58.0 Å². The van der Waals surface area contributed by atoms with Crippen LogP contribution in [0.4, 0.5) is 0 Å². The molecule has 1 aromatic carbocycles. The third kappa shape index (κ3) is 6.50. The lowest BCUT2D eigenvalue weighted by Gasteiger charge is -2.42. The Labute approximate surface area is 219 Å². The van der Waals surface area contributed by atoms with Gasteiger partial charge in [-0.25, -0.2) is 8.42 Å². The maximum absolute atomic E-state index is 13.4. The van der Waals surface area contributed by atoms with E-state index in [2.05, 4.69) is 16.8 Å². The first-order chi connectivity index (χ1) is 16.8. The van der Waals surface area contributed by atoms with Crippen molar-refractivity contribution in [3.05, 3.63) is 28.2 Å². The van der Waals surface area contributed by atoms with Gasteiger partial charge in [0.2, 0.25) is 15.9 Å². The Hall–Kier alpha value is -0.940. The van der Waals surface area contributed by atoms with E-state index in [1.807, 2.05) is 4.90 Å². The topological polar surface area (TPSA) is 73.4 Å². The fourth-order valence-electron chi connectivity index (χ4n) is 5.37. The molecule has 3 saturated heterocycles. The summed E-state index contributed by atoms with van der Waals surface area (Å²) in [4.78, 5) is 19.5. The molecule has 196 valence electrons. The molecule has 0 aliphatic carbocycles. The minimum Gasteiger partial charge on any atom is -0.370 e. The fraction of sp³-hybridized carbons (Fsp3) is 0.708. The summed E-state index contributed by atoms with van der Waals surface area (Å²) < 4.78 is 34.0. The molecule has 3 fully saturated rings. The zero-order valence-electron chi connectivity index (χ0n) is 20.4. The number of rotatable bonds is 7. The van der Waals surface area contributed by atoms with Crippen LogP contribution in [-0.2, 0) is 19.6 Å². The van der Waals surface area contributed by atoms with E-state index < -0.39 is 10.0 Å². The molecule has 0 spiro atoms. The van der Waals surface area contributed by atoms with E-state index >= 15 is 0 Å². The van der Waals surface area contributed by atoms with Crippen molar-refractivity contribution in [3.63, 3.8) is 0 Å². The predicted molar refractivity (Wildman–Crippen MR) is 137 cm³/mol. The number of halogens is 2. The molecule has 8 nitrogen and oxygen atoms in total. The Morgan fingerprint density at radius 2 is 1.63 bits per heavy atom. The van der Waals surface area contributed by atoms with E-state index in [4.69, 9.17) is 27.9 Å². The molecule has 0 bridgehead atoms. The van der Waals surface area contributed by atoms with Gasteiger partial charge in [-0.15, -0.1) is 0 Å². The van der Waals surface area contributed by atoms with E-state index in [0.717, 1.165) is 39.0 Å². The van der Waals surface area contributed by atoms with E-state index in [0.29, 0.717) is 32.1 Å². The predicted octanol–water partition coefficient (Wildman–Crippen LogP) is 2.79. The third-order valence-corrected chi connectivity index (χ3v) is 10.4. The zero-order chi connectivity index (χ0) is 25.0. The summed E-state index contributed by atoms with van der Waals surface area (Å²) in [6.07, 6.45) is 4.72. The van der Waals surface area contributed by atoms with Gasteiger partial charge in [0.1, 0.15) is 11.5 Å². The smallest absolute Gasteiger partial charge is 0.248 e. The molecule has 0 saturated carbocycles. The van der Waals surface area contributed by atoms with Crippen molar-refractivity contribution in [3.8, 4) is 0 Å². The summed E-state index contributed by atoms with van der Waals surface area (Å²) in [6.45, 7) is 6.00. The number of carbonyl (C=O) groups excluding carboxylic acids is 1. The Balaban J connectivity index is 1.27. The van der Waals surface area contributed by atoms with E-state index in [1.165, 1.54) is 29.3 Å². The molecule has 3 heterocycles. The van der Waals surface area contributed by atoms with Crippen LogP contribution in [-0.4, -0.2) is 111 Å². The van der Waals surface area contributed by atoms with Crippen LogP contribution in [0.1, 0.15) is 32.1 Å². The number of carbonyl (C=O) groups is 1. The SMILES string of the molecule is CN1CCC(N2CCN(C(=O)COCC3CCCCN3S(=O)(=O)c3c(Cl)cccc3Cl)CC2)CC1. The van der Waals surface area contributed by atoms with Gasteiger partial charge in [0.15, 0.2) is 0 Å². The maximum Gasteiger partial charge on any atom is 0.248 e. The summed E-state index contributed by atoms with van der Waals surface area (Å²) in [6, 6.07) is 4.95. The number of nitrogens with zero attached hydrogens (tertiary/aromatic N) is 4. The number of benzene rings is 1. The molecular weight excluding hydrogens is 511 g/mol. The first-order valence-electron chi connectivity index (χ1n) is 12.5. The number of ether oxygens (including phenoxy) is 1. The van der Waals surface area contributed by atoms with Crippen molar-refractivity contribution >= 4 is 39.1 Å². The van der Waals surface area contributed by atoms with Gasteiger partial charge in [-0.2, -0.15) is 4.31 Å². The van der Waals surface area contributed by atoms with Gasteiger partial charge in [0.25, 0.3) is 0 Å². The van der Waals surface area contributed by atoms with E-state index in [-0.39, 0.29) is 40.1 Å². The standard InChI is InChI=1S/C24H36Cl2N4O4S/c1-27-11-8-19(9-12-27)28-13-15-29(16-14-28)23(31)18-34-17-20-5-2-3-10-30(20)35(32,33)24-21(25)6-4-7-22(24)26/h4,6-7,19-20H,2-3,5,8-18H2,1H3. The third-order valence-electron chi connectivity index (χ3n) is 7.47. The summed E-state index contributed by atoms with van der Waals surface area (Å²) in [5, 5.41) is 0.217. The Morgan fingerprint density at radius 3 is 2.29 bits per heavy atom. The van der Waals surface area contributed by atoms with Gasteiger partial charge < -0.3 is 14.5 Å². The second-order valence-corrected chi connectivity index (χ2v) is 12.4. The quantitative estimate of drug-likeness (QED) is 0.523. The average Bonchev–Trinajstić information content (AvgIpc) is 2.84.